The number of halogens is 2. The second kappa shape index (κ2) is 6.14. The number of hydrogen-bond donors (Lipinski definition) is 1. The van der Waals surface area contributed by atoms with Crippen LogP contribution in [0.3, 0.4) is 0 Å². The summed E-state index contributed by atoms with van der Waals surface area (Å²) in [5, 5.41) is 8.82. The highest BCUT2D eigenvalue weighted by Crippen LogP contribution is 2.28. The van der Waals surface area contributed by atoms with Crippen molar-refractivity contribution in [1.29, 1.82) is 0 Å². The molecule has 1 N–H and O–H groups in total. The number of rotatable bonds is 6. The average molecular weight is 309 g/mol. The maximum absolute atomic E-state index is 12.3. The zero-order valence-electron chi connectivity index (χ0n) is 10.7. The van der Waals surface area contributed by atoms with E-state index in [1.165, 1.54) is 12.1 Å². The third kappa shape index (κ3) is 3.42. The van der Waals surface area contributed by atoms with Crippen LogP contribution in [0.25, 0.3) is 0 Å². The fourth-order valence-corrected chi connectivity index (χ4v) is 2.81. The average Bonchev–Trinajstić information content (AvgIpc) is 2.36. The van der Waals surface area contributed by atoms with Crippen LogP contribution in [0.15, 0.2) is 29.2 Å². The van der Waals surface area contributed by atoms with Gasteiger partial charge in [-0.2, -0.15) is 13.1 Å². The summed E-state index contributed by atoms with van der Waals surface area (Å²) in [6, 6.07) is 3.44. The van der Waals surface area contributed by atoms with Crippen LogP contribution in [-0.2, 0) is 14.8 Å². The first-order chi connectivity index (χ1) is 9.17. The number of carbonyl (C=O) groups is 1. The molecular formula is C11H13F2NO5S. The van der Waals surface area contributed by atoms with Gasteiger partial charge in [-0.1, -0.05) is 12.1 Å². The molecule has 0 saturated heterocycles. The normalized spacial score (nSPS) is 13.5. The van der Waals surface area contributed by atoms with E-state index in [4.69, 9.17) is 5.11 Å². The molecule has 0 spiro atoms. The van der Waals surface area contributed by atoms with Crippen molar-refractivity contribution in [2.45, 2.75) is 24.5 Å². The van der Waals surface area contributed by atoms with Gasteiger partial charge in [0.1, 0.15) is 16.7 Å². The van der Waals surface area contributed by atoms with Crippen molar-refractivity contribution in [1.82, 2.24) is 4.31 Å². The van der Waals surface area contributed by atoms with Gasteiger partial charge < -0.3 is 9.84 Å². The first kappa shape index (κ1) is 16.3. The Morgan fingerprint density at radius 2 is 1.90 bits per heavy atom. The summed E-state index contributed by atoms with van der Waals surface area (Å²) in [7, 11) is -3.22. The molecule has 0 aromatic heterocycles. The number of nitrogens with zero attached hydrogens (tertiary/aromatic N) is 1. The molecule has 0 bridgehead atoms. The van der Waals surface area contributed by atoms with Crippen LogP contribution in [-0.4, -0.2) is 43.5 Å². The SMILES string of the molecule is CC(C(=O)O)N(C)S(=O)(=O)c1ccccc1OC(F)F. The summed E-state index contributed by atoms with van der Waals surface area (Å²) in [6.07, 6.45) is 0. The molecule has 1 aromatic rings. The maximum atomic E-state index is 12.3. The van der Waals surface area contributed by atoms with Crippen LogP contribution >= 0.6 is 0 Å². The second-order valence-electron chi connectivity index (χ2n) is 3.86. The highest BCUT2D eigenvalue weighted by atomic mass is 32.2. The maximum Gasteiger partial charge on any atom is 0.387 e. The van der Waals surface area contributed by atoms with Gasteiger partial charge in [0.05, 0.1) is 0 Å². The van der Waals surface area contributed by atoms with E-state index in [9.17, 15) is 22.0 Å². The largest absolute Gasteiger partial charge is 0.480 e. The van der Waals surface area contributed by atoms with Crippen LogP contribution < -0.4 is 4.74 Å². The molecule has 0 heterocycles. The van der Waals surface area contributed by atoms with Crippen LogP contribution in [0.1, 0.15) is 6.92 Å². The monoisotopic (exact) mass is 309 g/mol. The molecule has 6 nitrogen and oxygen atoms in total. The predicted molar refractivity (Wildman–Crippen MR) is 65.1 cm³/mol. The Kier molecular flexibility index (Phi) is 5.01. The number of aliphatic carboxylic acids is 1. The number of para-hydroxylation sites is 1. The number of hydrogen-bond acceptors (Lipinski definition) is 4. The molecule has 20 heavy (non-hydrogen) atoms. The van der Waals surface area contributed by atoms with E-state index in [1.54, 1.807) is 0 Å². The highest BCUT2D eigenvalue weighted by molar-refractivity contribution is 7.89. The van der Waals surface area contributed by atoms with Crippen LogP contribution in [0, 0.1) is 0 Å². The number of likely N-dealkylation sites (N-methyl/N-ethyl adjacent to an activating group) is 1. The van der Waals surface area contributed by atoms with Crippen molar-refractivity contribution in [3.8, 4) is 5.75 Å². The smallest absolute Gasteiger partial charge is 0.387 e. The Morgan fingerprint density at radius 1 is 1.35 bits per heavy atom. The summed E-state index contributed by atoms with van der Waals surface area (Å²) in [6.45, 7) is -2.02. The van der Waals surface area contributed by atoms with Gasteiger partial charge in [-0.15, -0.1) is 0 Å². The van der Waals surface area contributed by atoms with Crippen molar-refractivity contribution in [2.75, 3.05) is 7.05 Å². The number of sulfonamides is 1. The van der Waals surface area contributed by atoms with E-state index in [1.807, 2.05) is 0 Å². The molecule has 112 valence electrons. The molecule has 0 radical (unpaired) electrons. The zero-order valence-corrected chi connectivity index (χ0v) is 11.5. The van der Waals surface area contributed by atoms with Crippen LogP contribution in [0.2, 0.25) is 0 Å². The van der Waals surface area contributed by atoms with Gasteiger partial charge in [-0.25, -0.2) is 8.42 Å². The van der Waals surface area contributed by atoms with Crippen molar-refractivity contribution in [3.05, 3.63) is 24.3 Å². The standard InChI is InChI=1S/C11H13F2NO5S/c1-7(10(15)16)14(2)20(17,18)9-6-4-3-5-8(9)19-11(12)13/h3-7,11H,1-2H3,(H,15,16). The van der Waals surface area contributed by atoms with Crippen molar-refractivity contribution in [3.63, 3.8) is 0 Å². The van der Waals surface area contributed by atoms with E-state index in [-0.39, 0.29) is 0 Å². The second-order valence-corrected chi connectivity index (χ2v) is 5.83. The van der Waals surface area contributed by atoms with E-state index >= 15 is 0 Å². The number of alkyl halides is 2. The molecule has 0 fully saturated rings. The van der Waals surface area contributed by atoms with E-state index < -0.39 is 39.3 Å². The van der Waals surface area contributed by atoms with Crippen molar-refractivity contribution < 1.29 is 31.8 Å². The molecule has 1 aromatic carbocycles. The molecule has 0 amide bonds. The fraction of sp³-hybridized carbons (Fsp3) is 0.364. The van der Waals surface area contributed by atoms with Crippen molar-refractivity contribution >= 4 is 16.0 Å². The van der Waals surface area contributed by atoms with E-state index in [0.717, 1.165) is 26.1 Å². The lowest BCUT2D eigenvalue weighted by Gasteiger charge is -2.22. The topological polar surface area (TPSA) is 83.9 Å². The third-order valence-electron chi connectivity index (χ3n) is 2.63. The molecule has 0 saturated carbocycles. The minimum atomic E-state index is -4.27. The predicted octanol–water partition coefficient (Wildman–Crippen LogP) is 1.38. The fourth-order valence-electron chi connectivity index (χ4n) is 1.38. The molecular weight excluding hydrogens is 296 g/mol. The lowest BCUT2D eigenvalue weighted by atomic mass is 10.3. The molecule has 0 aliphatic heterocycles. The van der Waals surface area contributed by atoms with Crippen molar-refractivity contribution in [2.24, 2.45) is 0 Å². The van der Waals surface area contributed by atoms with Gasteiger partial charge in [0.25, 0.3) is 0 Å². The lowest BCUT2D eigenvalue weighted by Crippen LogP contribution is -2.40. The lowest BCUT2D eigenvalue weighted by molar-refractivity contribution is -0.140. The molecule has 0 aliphatic rings. The quantitative estimate of drug-likeness (QED) is 0.858. The van der Waals surface area contributed by atoms with Crippen LogP contribution in [0.4, 0.5) is 8.78 Å². The number of benzene rings is 1. The van der Waals surface area contributed by atoms with Gasteiger partial charge in [0.2, 0.25) is 10.0 Å². The van der Waals surface area contributed by atoms with Gasteiger partial charge in [-0.3, -0.25) is 4.79 Å². The van der Waals surface area contributed by atoms with Gasteiger partial charge >= 0.3 is 12.6 Å². The Hall–Kier alpha value is -1.74. The van der Waals surface area contributed by atoms with E-state index in [0.29, 0.717) is 4.31 Å². The Labute approximate surface area is 114 Å². The molecule has 1 unspecified atom stereocenters. The summed E-state index contributed by atoms with van der Waals surface area (Å²) >= 11 is 0. The van der Waals surface area contributed by atoms with E-state index in [2.05, 4.69) is 4.74 Å². The summed E-state index contributed by atoms with van der Waals surface area (Å²) in [4.78, 5) is 10.3. The summed E-state index contributed by atoms with van der Waals surface area (Å²) < 4.78 is 53.6. The molecule has 0 aliphatic carbocycles. The Morgan fingerprint density at radius 3 is 2.40 bits per heavy atom. The minimum absolute atomic E-state index is 0.518. The number of carboxylic acids is 1. The number of carboxylic acid groups (broad SMARTS) is 1. The highest BCUT2D eigenvalue weighted by Gasteiger charge is 2.32. The van der Waals surface area contributed by atoms with Gasteiger partial charge in [-0.05, 0) is 19.1 Å². The van der Waals surface area contributed by atoms with Gasteiger partial charge in [0.15, 0.2) is 0 Å². The Bertz CT molecular complexity index is 590. The van der Waals surface area contributed by atoms with Crippen LogP contribution in [0.5, 0.6) is 5.75 Å². The summed E-state index contributed by atoms with van der Waals surface area (Å²) in [5.41, 5.74) is 0. The van der Waals surface area contributed by atoms with Gasteiger partial charge in [0, 0.05) is 7.05 Å². The minimum Gasteiger partial charge on any atom is -0.480 e. The Balaban J connectivity index is 3.25. The molecule has 9 heteroatoms. The summed E-state index contributed by atoms with van der Waals surface area (Å²) in [5.74, 6) is -1.89. The zero-order chi connectivity index (χ0) is 15.5. The first-order valence-electron chi connectivity index (χ1n) is 5.42. The molecule has 1 atom stereocenters. The molecule has 1 rings (SSSR count). The third-order valence-corrected chi connectivity index (χ3v) is 4.59. The first-order valence-corrected chi connectivity index (χ1v) is 6.86. The number of ether oxygens (including phenoxy) is 1.